The monoisotopic (exact) mass is 427 g/mol. The predicted octanol–water partition coefficient (Wildman–Crippen LogP) is 5.20. The summed E-state index contributed by atoms with van der Waals surface area (Å²) in [5, 5.41) is 0. The van der Waals surface area contributed by atoms with Gasteiger partial charge in [-0.05, 0) is 77.6 Å². The minimum Gasteiger partial charge on any atom is -0.497 e. The van der Waals surface area contributed by atoms with Crippen molar-refractivity contribution >= 4 is 34.5 Å². The number of allylic oxidation sites excluding steroid dienone is 1. The van der Waals surface area contributed by atoms with Gasteiger partial charge in [-0.1, -0.05) is 0 Å². The molecule has 0 aromatic heterocycles. The Morgan fingerprint density at radius 1 is 1.13 bits per heavy atom. The van der Waals surface area contributed by atoms with Gasteiger partial charge in [-0.15, -0.1) is 0 Å². The van der Waals surface area contributed by atoms with Crippen molar-refractivity contribution in [2.45, 2.75) is 13.8 Å². The van der Waals surface area contributed by atoms with Crippen molar-refractivity contribution in [2.75, 3.05) is 7.11 Å². The normalized spacial score (nSPS) is 11.3. The van der Waals surface area contributed by atoms with Gasteiger partial charge >= 0.3 is 5.78 Å². The summed E-state index contributed by atoms with van der Waals surface area (Å²) >= 11 is 2.03. The molecule has 5 heteroatoms. The van der Waals surface area contributed by atoms with E-state index >= 15 is 0 Å². The van der Waals surface area contributed by atoms with Gasteiger partial charge < -0.3 is 9.47 Å². The van der Waals surface area contributed by atoms with Gasteiger partial charge in [0.2, 0.25) is 0 Å². The number of hydrogen-bond acceptors (Lipinski definition) is 2. The fourth-order valence-corrected chi connectivity index (χ4v) is 2.60. The van der Waals surface area contributed by atoms with E-state index in [2.05, 4.69) is 0 Å². The lowest BCUT2D eigenvalue weighted by Crippen LogP contribution is -1.95. The second-order valence-electron chi connectivity index (χ2n) is 5.00. The molecule has 0 aliphatic rings. The summed E-state index contributed by atoms with van der Waals surface area (Å²) in [5.74, 6) is 1.16. The Morgan fingerprint density at radius 2 is 1.74 bits per heavy atom. The van der Waals surface area contributed by atoms with E-state index in [1.54, 1.807) is 57.4 Å². The molecule has 2 aromatic carbocycles. The molecule has 0 radical (unpaired) electrons. The van der Waals surface area contributed by atoms with Crippen LogP contribution < -0.4 is 9.47 Å². The van der Waals surface area contributed by atoms with E-state index in [1.165, 1.54) is 6.07 Å². The van der Waals surface area contributed by atoms with Crippen LogP contribution >= 0.6 is 22.6 Å². The smallest absolute Gasteiger partial charge is 0.316 e. The average Bonchev–Trinajstić information content (AvgIpc) is 2.51. The zero-order chi connectivity index (χ0) is 17.0. The first-order valence-corrected chi connectivity index (χ1v) is 8.00. The maximum atomic E-state index is 14.3. The fraction of sp³-hybridized carbons (Fsp3) is 0.167. The number of benzene rings is 2. The molecule has 2 rings (SSSR count). The summed E-state index contributed by atoms with van der Waals surface area (Å²) in [7, 11) is 1.58. The fourth-order valence-electron chi connectivity index (χ4n) is 1.88. The molecule has 0 amide bonds. The van der Waals surface area contributed by atoms with E-state index in [1.807, 2.05) is 22.6 Å². The van der Waals surface area contributed by atoms with Crippen LogP contribution in [-0.4, -0.2) is 17.7 Å². The molecule has 120 valence electrons. The van der Waals surface area contributed by atoms with Crippen LogP contribution in [0.2, 0.25) is 0 Å². The van der Waals surface area contributed by atoms with Gasteiger partial charge in [0.05, 0.1) is 17.6 Å². The van der Waals surface area contributed by atoms with Gasteiger partial charge in [-0.25, -0.2) is 4.39 Å². The molecule has 0 saturated heterocycles. The number of rotatable bonds is 5. The number of methoxy groups -OCH3 is 1. The highest BCUT2D eigenvalue weighted by Crippen LogP contribution is 2.32. The zero-order valence-corrected chi connectivity index (χ0v) is 15.2. The Balaban J connectivity index is 2.29. The topological polar surface area (TPSA) is 39.9 Å². The van der Waals surface area contributed by atoms with E-state index in [9.17, 15) is 9.18 Å². The molecule has 2 aromatic rings. The highest BCUT2D eigenvalue weighted by molar-refractivity contribution is 14.1. The van der Waals surface area contributed by atoms with Crippen molar-refractivity contribution < 1.29 is 18.7 Å². The van der Waals surface area contributed by atoms with Crippen LogP contribution in [0.15, 0.2) is 42.0 Å². The highest BCUT2D eigenvalue weighted by Gasteiger charge is 2.12. The molecule has 0 heterocycles. The summed E-state index contributed by atoms with van der Waals surface area (Å²) < 4.78 is 25.7. The van der Waals surface area contributed by atoms with Crippen LogP contribution in [0, 0.1) is 9.39 Å². The molecule has 23 heavy (non-hydrogen) atoms. The van der Waals surface area contributed by atoms with Crippen LogP contribution in [0.5, 0.6) is 17.2 Å². The Kier molecular flexibility index (Phi) is 5.76. The number of ether oxygens (including phenoxy) is 2. The molecule has 0 aliphatic carbocycles. The highest BCUT2D eigenvalue weighted by atomic mass is 127. The first kappa shape index (κ1) is 17.5. The van der Waals surface area contributed by atoms with Crippen molar-refractivity contribution in [1.82, 2.24) is 0 Å². The molecule has 0 fully saturated rings. The average molecular weight is 427 g/mol. The quantitative estimate of drug-likeness (QED) is 0.374. The summed E-state index contributed by atoms with van der Waals surface area (Å²) in [5.41, 5.74) is 1.35. The van der Waals surface area contributed by atoms with Crippen LogP contribution in [0.1, 0.15) is 19.4 Å². The molecule has 0 unspecified atom stereocenters. The molecule has 0 aliphatic heterocycles. The van der Waals surface area contributed by atoms with E-state index in [-0.39, 0.29) is 11.5 Å². The molecule has 0 spiro atoms. The minimum absolute atomic E-state index is 0.176. The van der Waals surface area contributed by atoms with E-state index in [0.29, 0.717) is 26.2 Å². The first-order chi connectivity index (χ1) is 10.9. The van der Waals surface area contributed by atoms with E-state index < -0.39 is 5.82 Å². The van der Waals surface area contributed by atoms with Crippen molar-refractivity contribution in [3.8, 4) is 17.2 Å². The van der Waals surface area contributed by atoms with Gasteiger partial charge in [0, 0.05) is 5.57 Å². The maximum Gasteiger partial charge on any atom is 0.316 e. The van der Waals surface area contributed by atoms with Crippen LogP contribution in [0.3, 0.4) is 0 Å². The number of ketones is 1. The van der Waals surface area contributed by atoms with Gasteiger partial charge in [0.15, 0.2) is 11.6 Å². The largest absolute Gasteiger partial charge is 0.497 e. The van der Waals surface area contributed by atoms with Crippen LogP contribution in [0.25, 0.3) is 6.08 Å². The summed E-state index contributed by atoms with van der Waals surface area (Å²) in [6.45, 7) is 3.36. The third kappa shape index (κ3) is 4.54. The SMILES string of the molecule is COc1ccc(Oc2c(F)cc(/C=C(\C)C(C)=[OH+])cc2I)cc1. The number of hydrogen-bond donors (Lipinski definition) is 0. The molecule has 3 nitrogen and oxygen atoms in total. The molecular formula is C18H17FIO3+. The standard InChI is InChI=1S/C18H16FIO3/c1-11(12(2)21)8-13-9-16(19)18(17(20)10-13)23-15-6-4-14(22-3)5-7-15/h4-10H,1-3H3/p+1/b11-8+. The van der Waals surface area contributed by atoms with Crippen LogP contribution in [0.4, 0.5) is 4.39 Å². The molecule has 0 saturated carbocycles. The Hall–Kier alpha value is -1.89. The summed E-state index contributed by atoms with van der Waals surface area (Å²) in [4.78, 5) is 9.43. The molecule has 0 atom stereocenters. The Labute approximate surface area is 148 Å². The third-order valence-electron chi connectivity index (χ3n) is 3.25. The number of halogens is 2. The Bertz CT molecular complexity index is 728. The number of carbonyl (C=O) groups excluding carboxylic acids is 1. The van der Waals surface area contributed by atoms with Crippen molar-refractivity contribution in [3.05, 3.63) is 56.9 Å². The van der Waals surface area contributed by atoms with Crippen molar-refractivity contribution in [3.63, 3.8) is 0 Å². The predicted molar refractivity (Wildman–Crippen MR) is 98.5 cm³/mol. The Morgan fingerprint density at radius 3 is 2.26 bits per heavy atom. The first-order valence-electron chi connectivity index (χ1n) is 6.93. The second kappa shape index (κ2) is 7.59. The lowest BCUT2D eigenvalue weighted by atomic mass is 10.1. The molecular weight excluding hydrogens is 410 g/mol. The van der Waals surface area contributed by atoms with Crippen LogP contribution in [-0.2, 0) is 0 Å². The van der Waals surface area contributed by atoms with Crippen molar-refractivity contribution in [2.24, 2.45) is 0 Å². The second-order valence-corrected chi connectivity index (χ2v) is 6.17. The van der Waals surface area contributed by atoms with Gasteiger partial charge in [0.25, 0.3) is 0 Å². The van der Waals surface area contributed by atoms with E-state index in [4.69, 9.17) is 9.47 Å². The maximum absolute atomic E-state index is 14.3. The summed E-state index contributed by atoms with van der Waals surface area (Å²) in [6.07, 6.45) is 1.72. The van der Waals surface area contributed by atoms with Gasteiger partial charge in [0.1, 0.15) is 11.5 Å². The lowest BCUT2D eigenvalue weighted by Gasteiger charge is -2.10. The van der Waals surface area contributed by atoms with Gasteiger partial charge in [-0.2, -0.15) is 0 Å². The van der Waals surface area contributed by atoms with Gasteiger partial charge in [-0.3, -0.25) is 4.79 Å². The third-order valence-corrected chi connectivity index (χ3v) is 4.06. The lowest BCUT2D eigenvalue weighted by molar-refractivity contribution is 0.410. The molecule has 1 N–H and O–H groups in total. The zero-order valence-electron chi connectivity index (χ0n) is 13.1. The summed E-state index contributed by atoms with van der Waals surface area (Å²) in [6, 6.07) is 10.1. The minimum atomic E-state index is -0.456. The van der Waals surface area contributed by atoms with Crippen molar-refractivity contribution in [1.29, 1.82) is 0 Å². The van der Waals surface area contributed by atoms with E-state index in [0.717, 1.165) is 0 Å². The molecule has 0 bridgehead atoms.